The lowest BCUT2D eigenvalue weighted by Gasteiger charge is -2.21. The molecule has 0 bridgehead atoms. The van der Waals surface area contributed by atoms with Crippen molar-refractivity contribution in [1.82, 2.24) is 20.3 Å². The molecule has 17 heavy (non-hydrogen) atoms. The molecule has 1 fully saturated rings. The summed E-state index contributed by atoms with van der Waals surface area (Å²) < 4.78 is 0. The standard InChI is InChI=1S/C13H18N4/c1-9-2-3-11-13(15-9)17-12(16-11)8-10-4-6-14-7-5-10/h2-3,10,14H,4-8H2,1H3,(H,15,16,17). The molecule has 0 radical (unpaired) electrons. The number of nitrogens with one attached hydrogen (secondary N) is 2. The Morgan fingerprint density at radius 3 is 2.88 bits per heavy atom. The fraction of sp³-hybridized carbons (Fsp3) is 0.538. The van der Waals surface area contributed by atoms with Gasteiger partial charge in [-0.2, -0.15) is 0 Å². The lowest BCUT2D eigenvalue weighted by atomic mass is 9.94. The van der Waals surface area contributed by atoms with E-state index >= 15 is 0 Å². The quantitative estimate of drug-likeness (QED) is 0.827. The number of piperidine rings is 1. The molecule has 0 saturated carbocycles. The number of nitrogens with zero attached hydrogens (tertiary/aromatic N) is 2. The van der Waals surface area contributed by atoms with E-state index in [1.165, 1.54) is 12.8 Å². The molecule has 1 saturated heterocycles. The number of pyridine rings is 1. The highest BCUT2D eigenvalue weighted by Crippen LogP contribution is 2.18. The number of aromatic amines is 1. The normalized spacial score (nSPS) is 17.7. The van der Waals surface area contributed by atoms with Gasteiger partial charge >= 0.3 is 0 Å². The monoisotopic (exact) mass is 230 g/mol. The number of aromatic nitrogens is 3. The lowest BCUT2D eigenvalue weighted by molar-refractivity contribution is 0.368. The van der Waals surface area contributed by atoms with Crippen molar-refractivity contribution in [2.45, 2.75) is 26.2 Å². The van der Waals surface area contributed by atoms with Gasteiger partial charge in [-0.05, 0) is 50.9 Å². The first-order valence-corrected chi connectivity index (χ1v) is 6.34. The van der Waals surface area contributed by atoms with Crippen LogP contribution in [0.3, 0.4) is 0 Å². The Balaban J connectivity index is 1.80. The van der Waals surface area contributed by atoms with Crippen molar-refractivity contribution in [2.24, 2.45) is 5.92 Å². The summed E-state index contributed by atoms with van der Waals surface area (Å²) in [6.07, 6.45) is 3.56. The van der Waals surface area contributed by atoms with E-state index < -0.39 is 0 Å². The van der Waals surface area contributed by atoms with Crippen LogP contribution in [0.25, 0.3) is 11.2 Å². The topological polar surface area (TPSA) is 53.6 Å². The molecule has 4 nitrogen and oxygen atoms in total. The van der Waals surface area contributed by atoms with Gasteiger partial charge in [-0.15, -0.1) is 0 Å². The molecule has 4 heteroatoms. The van der Waals surface area contributed by atoms with Gasteiger partial charge in [0.2, 0.25) is 0 Å². The SMILES string of the molecule is Cc1ccc2[nH]c(CC3CCNCC3)nc2n1. The van der Waals surface area contributed by atoms with Crippen LogP contribution in [-0.4, -0.2) is 28.0 Å². The van der Waals surface area contributed by atoms with Gasteiger partial charge in [0.1, 0.15) is 5.82 Å². The fourth-order valence-corrected chi connectivity index (χ4v) is 2.49. The van der Waals surface area contributed by atoms with Crippen molar-refractivity contribution < 1.29 is 0 Å². The minimum absolute atomic E-state index is 0.762. The maximum atomic E-state index is 4.58. The highest BCUT2D eigenvalue weighted by molar-refractivity contribution is 5.70. The summed E-state index contributed by atoms with van der Waals surface area (Å²) >= 11 is 0. The number of hydrogen-bond donors (Lipinski definition) is 2. The average molecular weight is 230 g/mol. The van der Waals surface area contributed by atoms with Gasteiger partial charge in [0.05, 0.1) is 5.52 Å². The third kappa shape index (κ3) is 2.31. The predicted molar refractivity (Wildman–Crippen MR) is 67.9 cm³/mol. The van der Waals surface area contributed by atoms with Crippen molar-refractivity contribution >= 4 is 11.2 Å². The van der Waals surface area contributed by atoms with Crippen molar-refractivity contribution in [3.05, 3.63) is 23.7 Å². The van der Waals surface area contributed by atoms with Crippen LogP contribution < -0.4 is 5.32 Å². The van der Waals surface area contributed by atoms with Gasteiger partial charge in [0, 0.05) is 12.1 Å². The number of H-pyrrole nitrogens is 1. The molecule has 0 amide bonds. The first-order valence-electron chi connectivity index (χ1n) is 6.34. The largest absolute Gasteiger partial charge is 0.341 e. The molecular weight excluding hydrogens is 212 g/mol. The van der Waals surface area contributed by atoms with E-state index in [0.717, 1.165) is 48.1 Å². The highest BCUT2D eigenvalue weighted by Gasteiger charge is 2.15. The Labute approximate surface area is 101 Å². The molecule has 0 aliphatic carbocycles. The van der Waals surface area contributed by atoms with Gasteiger partial charge in [-0.25, -0.2) is 9.97 Å². The summed E-state index contributed by atoms with van der Waals surface area (Å²) in [5, 5.41) is 3.39. The van der Waals surface area contributed by atoms with Crippen LogP contribution in [0.5, 0.6) is 0 Å². The summed E-state index contributed by atoms with van der Waals surface area (Å²) in [5.74, 6) is 1.85. The van der Waals surface area contributed by atoms with E-state index in [1.54, 1.807) is 0 Å². The van der Waals surface area contributed by atoms with Gasteiger partial charge in [0.25, 0.3) is 0 Å². The molecular formula is C13H18N4. The predicted octanol–water partition coefficient (Wildman–Crippen LogP) is 1.81. The Bertz CT molecular complexity index is 511. The first-order chi connectivity index (χ1) is 8.31. The Morgan fingerprint density at radius 1 is 1.24 bits per heavy atom. The van der Waals surface area contributed by atoms with Gasteiger partial charge in [0.15, 0.2) is 5.65 Å². The molecule has 1 aliphatic heterocycles. The average Bonchev–Trinajstić information content (AvgIpc) is 2.71. The number of fused-ring (bicyclic) bond motifs is 1. The van der Waals surface area contributed by atoms with E-state index in [0.29, 0.717) is 0 Å². The molecule has 0 unspecified atom stereocenters. The van der Waals surface area contributed by atoms with Gasteiger partial charge in [-0.1, -0.05) is 0 Å². The summed E-state index contributed by atoms with van der Waals surface area (Å²) in [4.78, 5) is 12.4. The summed E-state index contributed by atoms with van der Waals surface area (Å²) in [6, 6.07) is 4.09. The van der Waals surface area contributed by atoms with E-state index in [1.807, 2.05) is 13.0 Å². The zero-order chi connectivity index (χ0) is 11.7. The smallest absolute Gasteiger partial charge is 0.177 e. The van der Waals surface area contributed by atoms with Crippen molar-refractivity contribution in [3.8, 4) is 0 Å². The number of rotatable bonds is 2. The molecule has 3 rings (SSSR count). The molecule has 2 aromatic heterocycles. The van der Waals surface area contributed by atoms with E-state index in [-0.39, 0.29) is 0 Å². The van der Waals surface area contributed by atoms with Crippen LogP contribution in [-0.2, 0) is 6.42 Å². The fourth-order valence-electron chi connectivity index (χ4n) is 2.49. The molecule has 2 N–H and O–H groups in total. The molecule has 2 aromatic rings. The van der Waals surface area contributed by atoms with Crippen LogP contribution in [0.2, 0.25) is 0 Å². The second-order valence-corrected chi connectivity index (χ2v) is 4.90. The van der Waals surface area contributed by atoms with Crippen LogP contribution in [0.4, 0.5) is 0 Å². The van der Waals surface area contributed by atoms with E-state index in [2.05, 4.69) is 26.3 Å². The zero-order valence-corrected chi connectivity index (χ0v) is 10.2. The minimum Gasteiger partial charge on any atom is -0.341 e. The van der Waals surface area contributed by atoms with Crippen LogP contribution in [0.1, 0.15) is 24.4 Å². The maximum absolute atomic E-state index is 4.58. The minimum atomic E-state index is 0.762. The van der Waals surface area contributed by atoms with Crippen LogP contribution in [0, 0.1) is 12.8 Å². The second kappa shape index (κ2) is 4.45. The third-order valence-corrected chi connectivity index (χ3v) is 3.47. The van der Waals surface area contributed by atoms with Crippen molar-refractivity contribution in [2.75, 3.05) is 13.1 Å². The molecule has 0 atom stereocenters. The molecule has 1 aliphatic rings. The van der Waals surface area contributed by atoms with Crippen LogP contribution in [0.15, 0.2) is 12.1 Å². The third-order valence-electron chi connectivity index (χ3n) is 3.47. The Hall–Kier alpha value is -1.42. The summed E-state index contributed by atoms with van der Waals surface area (Å²) in [7, 11) is 0. The van der Waals surface area contributed by atoms with Gasteiger partial charge in [-0.3, -0.25) is 0 Å². The number of hydrogen-bond acceptors (Lipinski definition) is 3. The van der Waals surface area contributed by atoms with Crippen molar-refractivity contribution in [1.29, 1.82) is 0 Å². The lowest BCUT2D eigenvalue weighted by Crippen LogP contribution is -2.28. The van der Waals surface area contributed by atoms with E-state index in [4.69, 9.17) is 0 Å². The van der Waals surface area contributed by atoms with E-state index in [9.17, 15) is 0 Å². The molecule has 90 valence electrons. The molecule has 3 heterocycles. The molecule has 0 aromatic carbocycles. The highest BCUT2D eigenvalue weighted by atomic mass is 15.0. The molecule has 0 spiro atoms. The zero-order valence-electron chi connectivity index (χ0n) is 10.2. The second-order valence-electron chi connectivity index (χ2n) is 4.90. The summed E-state index contributed by atoms with van der Waals surface area (Å²) in [5.41, 5.74) is 2.94. The maximum Gasteiger partial charge on any atom is 0.177 e. The Morgan fingerprint density at radius 2 is 2.06 bits per heavy atom. The number of aryl methyl sites for hydroxylation is 1. The number of imidazole rings is 1. The summed E-state index contributed by atoms with van der Waals surface area (Å²) in [6.45, 7) is 4.28. The van der Waals surface area contributed by atoms with Crippen molar-refractivity contribution in [3.63, 3.8) is 0 Å². The Kier molecular flexibility index (Phi) is 2.81. The first kappa shape index (κ1) is 10.7. The van der Waals surface area contributed by atoms with Gasteiger partial charge < -0.3 is 10.3 Å². The van der Waals surface area contributed by atoms with Crippen LogP contribution >= 0.6 is 0 Å².